The van der Waals surface area contributed by atoms with E-state index in [-0.39, 0.29) is 23.4 Å². The molecule has 0 fully saturated rings. The molecule has 0 aliphatic heterocycles. The number of hydrogen-bond acceptors (Lipinski definition) is 6. The molecule has 0 radical (unpaired) electrons. The van der Waals surface area contributed by atoms with Crippen molar-refractivity contribution in [3.63, 3.8) is 0 Å². The molecule has 0 heterocycles. The summed E-state index contributed by atoms with van der Waals surface area (Å²) < 4.78 is 36.8. The van der Waals surface area contributed by atoms with Crippen LogP contribution in [0.15, 0.2) is 47.4 Å². The molecule has 156 valence electrons. The molecule has 0 saturated carbocycles. The minimum atomic E-state index is -3.71. The second-order valence-electron chi connectivity index (χ2n) is 6.06. The zero-order valence-electron chi connectivity index (χ0n) is 16.3. The van der Waals surface area contributed by atoms with Gasteiger partial charge in [-0.15, -0.1) is 0 Å². The molecule has 9 nitrogen and oxygen atoms in total. The Balaban J connectivity index is 1.84. The van der Waals surface area contributed by atoms with Crippen molar-refractivity contribution in [3.8, 4) is 11.5 Å². The van der Waals surface area contributed by atoms with Crippen LogP contribution >= 0.6 is 0 Å². The Hall–Kier alpha value is -3.11. The Morgan fingerprint density at radius 1 is 0.931 bits per heavy atom. The Labute approximate surface area is 169 Å². The number of carbonyl (C=O) groups excluding carboxylic acids is 2. The molecule has 2 amide bonds. The maximum Gasteiger partial charge on any atom is 0.269 e. The summed E-state index contributed by atoms with van der Waals surface area (Å²) in [6.07, 6.45) is -0.160. The van der Waals surface area contributed by atoms with Crippen LogP contribution in [-0.4, -0.2) is 41.0 Å². The van der Waals surface area contributed by atoms with Gasteiger partial charge < -0.3 is 9.47 Å². The first-order chi connectivity index (χ1) is 13.7. The summed E-state index contributed by atoms with van der Waals surface area (Å²) >= 11 is 0. The first-order valence-corrected chi connectivity index (χ1v) is 10.1. The van der Waals surface area contributed by atoms with E-state index in [2.05, 4.69) is 15.6 Å². The fraction of sp³-hybridized carbons (Fsp3) is 0.263. The lowest BCUT2D eigenvalue weighted by molar-refractivity contribution is -0.121. The minimum absolute atomic E-state index is 0.115. The summed E-state index contributed by atoms with van der Waals surface area (Å²) in [7, 11) is -0.799. The molecule has 0 aliphatic rings. The smallest absolute Gasteiger partial charge is 0.269 e. The first-order valence-electron chi connectivity index (χ1n) is 8.64. The Morgan fingerprint density at radius 2 is 1.52 bits per heavy atom. The van der Waals surface area contributed by atoms with Crippen LogP contribution < -0.4 is 25.0 Å². The third kappa shape index (κ3) is 6.47. The van der Waals surface area contributed by atoms with E-state index in [1.54, 1.807) is 18.2 Å². The van der Waals surface area contributed by atoms with Gasteiger partial charge in [0.05, 0.1) is 19.1 Å². The van der Waals surface area contributed by atoms with E-state index in [4.69, 9.17) is 9.47 Å². The fourth-order valence-electron chi connectivity index (χ4n) is 2.30. The van der Waals surface area contributed by atoms with Gasteiger partial charge >= 0.3 is 0 Å². The molecule has 0 bridgehead atoms. The maximum atomic E-state index is 12.2. The van der Waals surface area contributed by atoms with E-state index in [1.165, 1.54) is 38.5 Å². The van der Waals surface area contributed by atoms with Crippen molar-refractivity contribution < 1.29 is 27.5 Å². The highest BCUT2D eigenvalue weighted by molar-refractivity contribution is 7.89. The Morgan fingerprint density at radius 3 is 2.07 bits per heavy atom. The van der Waals surface area contributed by atoms with Crippen molar-refractivity contribution in [2.24, 2.45) is 0 Å². The molecule has 3 N–H and O–H groups in total. The fourth-order valence-corrected chi connectivity index (χ4v) is 3.33. The number of nitrogens with one attached hydrogen (secondary N) is 3. The molecule has 2 aromatic rings. The Bertz CT molecular complexity index is 952. The minimum Gasteiger partial charge on any atom is -0.497 e. The van der Waals surface area contributed by atoms with E-state index in [0.29, 0.717) is 11.5 Å². The summed E-state index contributed by atoms with van der Waals surface area (Å²) in [5.74, 6) is -0.284. The number of hydrazine groups is 1. The first kappa shape index (κ1) is 22.2. The van der Waals surface area contributed by atoms with Crippen LogP contribution in [0.5, 0.6) is 11.5 Å². The van der Waals surface area contributed by atoms with Gasteiger partial charge in [0.25, 0.3) is 5.91 Å². The van der Waals surface area contributed by atoms with Gasteiger partial charge in [-0.05, 0) is 31.2 Å². The number of carbonyl (C=O) groups is 2. The molecule has 29 heavy (non-hydrogen) atoms. The SMILES string of the molecule is COc1cc(OC)cc(C(=O)NNC(=O)CCNS(=O)(=O)c2ccc(C)cc2)c1. The molecule has 0 aromatic heterocycles. The van der Waals surface area contributed by atoms with Crippen LogP contribution in [0.1, 0.15) is 22.3 Å². The molecule has 10 heteroatoms. The number of aryl methyl sites for hydroxylation is 1. The molecule has 0 atom stereocenters. The molecular weight excluding hydrogens is 398 g/mol. The van der Waals surface area contributed by atoms with Gasteiger partial charge in [-0.3, -0.25) is 20.4 Å². The van der Waals surface area contributed by atoms with Crippen molar-refractivity contribution >= 4 is 21.8 Å². The highest BCUT2D eigenvalue weighted by Crippen LogP contribution is 2.22. The number of ether oxygens (including phenoxy) is 2. The van der Waals surface area contributed by atoms with Crippen molar-refractivity contribution in [1.29, 1.82) is 0 Å². The van der Waals surface area contributed by atoms with Gasteiger partial charge in [-0.25, -0.2) is 13.1 Å². The predicted octanol–water partition coefficient (Wildman–Crippen LogP) is 1.14. The third-order valence-electron chi connectivity index (χ3n) is 3.90. The van der Waals surface area contributed by atoms with Gasteiger partial charge in [0.15, 0.2) is 0 Å². The van der Waals surface area contributed by atoms with Crippen molar-refractivity contribution in [2.75, 3.05) is 20.8 Å². The lowest BCUT2D eigenvalue weighted by Gasteiger charge is -2.10. The second kappa shape index (κ2) is 9.89. The molecule has 2 rings (SSSR count). The van der Waals surface area contributed by atoms with E-state index < -0.39 is 21.8 Å². The Kier molecular flexibility index (Phi) is 7.57. The summed E-state index contributed by atoms with van der Waals surface area (Å²) in [6, 6.07) is 10.9. The van der Waals surface area contributed by atoms with Crippen LogP contribution in [0.2, 0.25) is 0 Å². The van der Waals surface area contributed by atoms with Crippen molar-refractivity contribution in [1.82, 2.24) is 15.6 Å². The monoisotopic (exact) mass is 421 g/mol. The largest absolute Gasteiger partial charge is 0.497 e. The van der Waals surface area contributed by atoms with Gasteiger partial charge in [0, 0.05) is 24.6 Å². The van der Waals surface area contributed by atoms with Gasteiger partial charge in [0.1, 0.15) is 11.5 Å². The second-order valence-corrected chi connectivity index (χ2v) is 7.83. The summed E-state index contributed by atoms with van der Waals surface area (Å²) in [6.45, 7) is 1.73. The molecule has 2 aromatic carbocycles. The molecule has 0 saturated heterocycles. The zero-order chi connectivity index (χ0) is 21.4. The van der Waals surface area contributed by atoms with E-state index in [1.807, 2.05) is 6.92 Å². The normalized spacial score (nSPS) is 10.9. The molecule has 0 unspecified atom stereocenters. The number of sulfonamides is 1. The molecular formula is C19H23N3O6S. The van der Waals surface area contributed by atoms with Gasteiger partial charge in [-0.2, -0.15) is 0 Å². The van der Waals surface area contributed by atoms with Crippen LogP contribution in [0.4, 0.5) is 0 Å². The summed E-state index contributed by atoms with van der Waals surface area (Å²) in [5.41, 5.74) is 5.66. The lowest BCUT2D eigenvalue weighted by atomic mass is 10.2. The number of methoxy groups -OCH3 is 2. The van der Waals surface area contributed by atoms with Crippen molar-refractivity contribution in [3.05, 3.63) is 53.6 Å². The lowest BCUT2D eigenvalue weighted by Crippen LogP contribution is -2.42. The average Bonchev–Trinajstić information content (AvgIpc) is 2.71. The quantitative estimate of drug-likeness (QED) is 0.550. The number of rotatable bonds is 8. The van der Waals surface area contributed by atoms with E-state index >= 15 is 0 Å². The number of amides is 2. The standard InChI is InChI=1S/C19H23N3O6S/c1-13-4-6-17(7-5-13)29(25,26)20-9-8-18(23)21-22-19(24)14-10-15(27-2)12-16(11-14)28-3/h4-7,10-12,20H,8-9H2,1-3H3,(H,21,23)(H,22,24). The molecule has 0 aliphatic carbocycles. The number of hydrogen-bond donors (Lipinski definition) is 3. The van der Waals surface area contributed by atoms with Gasteiger partial charge in [0.2, 0.25) is 15.9 Å². The predicted molar refractivity (Wildman–Crippen MR) is 106 cm³/mol. The molecule has 0 spiro atoms. The highest BCUT2D eigenvalue weighted by Gasteiger charge is 2.15. The van der Waals surface area contributed by atoms with Crippen LogP contribution in [0.3, 0.4) is 0 Å². The van der Waals surface area contributed by atoms with Crippen LogP contribution in [0, 0.1) is 6.92 Å². The maximum absolute atomic E-state index is 12.2. The third-order valence-corrected chi connectivity index (χ3v) is 5.38. The van der Waals surface area contributed by atoms with Crippen LogP contribution in [0.25, 0.3) is 0 Å². The van der Waals surface area contributed by atoms with Gasteiger partial charge in [-0.1, -0.05) is 17.7 Å². The van der Waals surface area contributed by atoms with E-state index in [0.717, 1.165) is 5.56 Å². The topological polar surface area (TPSA) is 123 Å². The van der Waals surface area contributed by atoms with Crippen molar-refractivity contribution in [2.45, 2.75) is 18.2 Å². The zero-order valence-corrected chi connectivity index (χ0v) is 17.1. The van der Waals surface area contributed by atoms with E-state index in [9.17, 15) is 18.0 Å². The summed E-state index contributed by atoms with van der Waals surface area (Å²) in [4.78, 5) is 24.2. The van der Waals surface area contributed by atoms with Crippen LogP contribution in [-0.2, 0) is 14.8 Å². The average molecular weight is 421 g/mol. The number of benzene rings is 2. The summed E-state index contributed by atoms with van der Waals surface area (Å²) in [5, 5.41) is 0. The highest BCUT2D eigenvalue weighted by atomic mass is 32.2.